The van der Waals surface area contributed by atoms with Gasteiger partial charge in [-0.1, -0.05) is 24.3 Å². The van der Waals surface area contributed by atoms with Gasteiger partial charge in [-0.05, 0) is 43.7 Å². The molecule has 2 N–H and O–H groups in total. The minimum absolute atomic E-state index is 0.251. The highest BCUT2D eigenvalue weighted by atomic mass is 19.2. The third-order valence-electron chi connectivity index (χ3n) is 7.23. The van der Waals surface area contributed by atoms with Crippen LogP contribution >= 0.6 is 0 Å². The highest BCUT2D eigenvalue weighted by Gasteiger charge is 2.35. The molecule has 0 spiro atoms. The summed E-state index contributed by atoms with van der Waals surface area (Å²) in [7, 11) is 1.62. The Morgan fingerprint density at radius 1 is 1.07 bits per heavy atom. The van der Waals surface area contributed by atoms with E-state index >= 15 is 0 Å². The summed E-state index contributed by atoms with van der Waals surface area (Å²) in [6.07, 6.45) is 3.26. The Hall–Kier alpha value is -4.42. The van der Waals surface area contributed by atoms with Gasteiger partial charge in [0, 0.05) is 56.2 Å². The molecule has 0 bridgehead atoms. The zero-order chi connectivity index (χ0) is 29.6. The maximum absolute atomic E-state index is 14.1. The van der Waals surface area contributed by atoms with Gasteiger partial charge in [-0.3, -0.25) is 10.2 Å². The van der Waals surface area contributed by atoms with Crippen LogP contribution in [0.2, 0.25) is 0 Å². The highest BCUT2D eigenvalue weighted by Crippen LogP contribution is 2.32. The summed E-state index contributed by atoms with van der Waals surface area (Å²) in [5.41, 5.74) is 3.34. The second-order valence-corrected chi connectivity index (χ2v) is 9.99. The van der Waals surface area contributed by atoms with E-state index in [1.54, 1.807) is 30.3 Å². The Bertz CT molecular complexity index is 1520. The molecule has 2 aromatic heterocycles. The van der Waals surface area contributed by atoms with Crippen molar-refractivity contribution in [3.8, 4) is 23.0 Å². The zero-order valence-corrected chi connectivity index (χ0v) is 23.7. The van der Waals surface area contributed by atoms with Crippen molar-refractivity contribution >= 4 is 11.8 Å². The summed E-state index contributed by atoms with van der Waals surface area (Å²) in [5, 5.41) is 10.8. The van der Waals surface area contributed by atoms with E-state index in [4.69, 9.17) is 14.6 Å². The zero-order valence-electron chi connectivity index (χ0n) is 23.7. The molecule has 12 heteroatoms. The average Bonchev–Trinajstić information content (AvgIpc) is 3.54. The van der Waals surface area contributed by atoms with Crippen molar-refractivity contribution in [2.75, 3.05) is 45.3 Å². The molecule has 0 aliphatic carbocycles. The van der Waals surface area contributed by atoms with Crippen LogP contribution in [0.3, 0.4) is 0 Å². The number of carbonyl (C=O) groups is 1. The van der Waals surface area contributed by atoms with Crippen molar-refractivity contribution in [2.45, 2.75) is 25.8 Å². The van der Waals surface area contributed by atoms with Gasteiger partial charge in [-0.25, -0.2) is 28.2 Å². The summed E-state index contributed by atoms with van der Waals surface area (Å²) < 4.78 is 40.0. The monoisotopic (exact) mass is 577 g/mol. The molecule has 220 valence electrons. The summed E-state index contributed by atoms with van der Waals surface area (Å²) in [6.45, 7) is 6.40. The maximum Gasteiger partial charge on any atom is 0.320 e. The van der Waals surface area contributed by atoms with Crippen LogP contribution in [0.25, 0.3) is 16.9 Å². The van der Waals surface area contributed by atoms with E-state index in [2.05, 4.69) is 25.5 Å². The SMILES string of the molecule is CCOc1ncc(-c2nn(-c3ccccc3)c(NC(=O)NC3CN(CCOC)CC3c3ccc(F)c(F)c3)c2C)cn1. The number of hydrogen-bond acceptors (Lipinski definition) is 7. The number of nitrogens with zero attached hydrogens (tertiary/aromatic N) is 5. The second kappa shape index (κ2) is 13.0. The molecule has 1 fully saturated rings. The molecule has 42 heavy (non-hydrogen) atoms. The average molecular weight is 578 g/mol. The maximum atomic E-state index is 14.1. The Morgan fingerprint density at radius 2 is 1.83 bits per heavy atom. The van der Waals surface area contributed by atoms with Gasteiger partial charge >= 0.3 is 12.0 Å². The molecule has 10 nitrogen and oxygen atoms in total. The van der Waals surface area contributed by atoms with Gasteiger partial charge in [0.15, 0.2) is 11.6 Å². The molecule has 2 unspecified atom stereocenters. The van der Waals surface area contributed by atoms with Gasteiger partial charge in [0.25, 0.3) is 0 Å². The van der Waals surface area contributed by atoms with Gasteiger partial charge in [0.05, 0.1) is 24.9 Å². The van der Waals surface area contributed by atoms with E-state index in [0.717, 1.165) is 11.8 Å². The number of urea groups is 1. The molecule has 3 heterocycles. The number of carbonyl (C=O) groups excluding carboxylic acids is 1. The van der Waals surface area contributed by atoms with Crippen LogP contribution in [-0.4, -0.2) is 76.7 Å². The number of nitrogens with one attached hydrogen (secondary N) is 2. The number of rotatable bonds is 10. The molecule has 2 aromatic carbocycles. The van der Waals surface area contributed by atoms with E-state index in [1.807, 2.05) is 44.2 Å². The van der Waals surface area contributed by atoms with E-state index in [-0.39, 0.29) is 18.0 Å². The van der Waals surface area contributed by atoms with Crippen LogP contribution in [0.15, 0.2) is 60.9 Å². The molecule has 1 aliphatic heterocycles. The standard InChI is InChI=1S/C30H33F2N7O3/c1-4-42-30-33-15-21(16-34-30)27-19(2)28(39(37-27)22-8-6-5-7-9-22)36-29(40)35-26-18-38(12-13-41-3)17-23(26)20-10-11-24(31)25(32)14-20/h5-11,14-16,23,26H,4,12-13,17-18H2,1-3H3,(H2,35,36,40). The quantitative estimate of drug-likeness (QED) is 0.285. The van der Waals surface area contributed by atoms with Crippen LogP contribution < -0.4 is 15.4 Å². The van der Waals surface area contributed by atoms with Crippen LogP contribution in [0, 0.1) is 18.6 Å². The Morgan fingerprint density at radius 3 is 2.52 bits per heavy atom. The molecule has 4 aromatic rings. The molecule has 0 saturated carbocycles. The molecule has 2 amide bonds. The lowest BCUT2D eigenvalue weighted by molar-refractivity contribution is 0.159. The van der Waals surface area contributed by atoms with Crippen LogP contribution in [0.1, 0.15) is 24.0 Å². The predicted octanol–water partition coefficient (Wildman–Crippen LogP) is 4.55. The normalized spacial score (nSPS) is 16.9. The first kappa shape index (κ1) is 29.1. The minimum Gasteiger partial charge on any atom is -0.464 e. The molecular weight excluding hydrogens is 544 g/mol. The smallest absolute Gasteiger partial charge is 0.320 e. The van der Waals surface area contributed by atoms with Crippen molar-refractivity contribution in [2.24, 2.45) is 0 Å². The topological polar surface area (TPSA) is 106 Å². The molecule has 5 rings (SSSR count). The molecule has 0 radical (unpaired) electrons. The summed E-state index contributed by atoms with van der Waals surface area (Å²) >= 11 is 0. The van der Waals surface area contributed by atoms with Crippen LogP contribution in [0.4, 0.5) is 19.4 Å². The molecule has 2 atom stereocenters. The molecule has 1 saturated heterocycles. The van der Waals surface area contributed by atoms with Gasteiger partial charge in [-0.2, -0.15) is 5.10 Å². The number of aromatic nitrogens is 4. The minimum atomic E-state index is -0.917. The Labute approximate surface area is 242 Å². The number of ether oxygens (including phenoxy) is 2. The number of benzene rings is 2. The number of anilines is 1. The van der Waals surface area contributed by atoms with Crippen molar-refractivity contribution in [3.05, 3.63) is 83.7 Å². The van der Waals surface area contributed by atoms with Crippen molar-refractivity contribution in [3.63, 3.8) is 0 Å². The number of halogens is 2. The van der Waals surface area contributed by atoms with Crippen molar-refractivity contribution in [1.82, 2.24) is 30.0 Å². The van der Waals surface area contributed by atoms with Crippen molar-refractivity contribution < 1.29 is 23.0 Å². The lowest BCUT2D eigenvalue weighted by Crippen LogP contribution is -2.42. The highest BCUT2D eigenvalue weighted by molar-refractivity contribution is 5.91. The summed E-state index contributed by atoms with van der Waals surface area (Å²) in [4.78, 5) is 24.1. The van der Waals surface area contributed by atoms with E-state index in [1.165, 1.54) is 6.07 Å². The van der Waals surface area contributed by atoms with E-state index < -0.39 is 17.7 Å². The predicted molar refractivity (Wildman–Crippen MR) is 154 cm³/mol. The number of methoxy groups -OCH3 is 1. The first-order chi connectivity index (χ1) is 20.4. The number of amides is 2. The third kappa shape index (κ3) is 6.39. The Balaban J connectivity index is 1.42. The van der Waals surface area contributed by atoms with Crippen molar-refractivity contribution in [1.29, 1.82) is 0 Å². The molecule has 1 aliphatic rings. The number of para-hydroxylation sites is 1. The number of likely N-dealkylation sites (tertiary alicyclic amines) is 1. The summed E-state index contributed by atoms with van der Waals surface area (Å²) in [6, 6.07) is 12.8. The van der Waals surface area contributed by atoms with E-state index in [0.29, 0.717) is 61.1 Å². The van der Waals surface area contributed by atoms with Crippen LogP contribution in [-0.2, 0) is 4.74 Å². The fraction of sp³-hybridized carbons (Fsp3) is 0.333. The van der Waals surface area contributed by atoms with Gasteiger partial charge in [-0.15, -0.1) is 0 Å². The van der Waals surface area contributed by atoms with Gasteiger partial charge < -0.3 is 14.8 Å². The largest absolute Gasteiger partial charge is 0.464 e. The van der Waals surface area contributed by atoms with Crippen LogP contribution in [0.5, 0.6) is 6.01 Å². The van der Waals surface area contributed by atoms with E-state index in [9.17, 15) is 13.6 Å². The molecular formula is C30H33F2N7O3. The lowest BCUT2D eigenvalue weighted by Gasteiger charge is -2.21. The summed E-state index contributed by atoms with van der Waals surface area (Å²) in [5.74, 6) is -1.60. The first-order valence-corrected chi connectivity index (χ1v) is 13.7. The second-order valence-electron chi connectivity index (χ2n) is 9.99. The first-order valence-electron chi connectivity index (χ1n) is 13.7. The fourth-order valence-corrected chi connectivity index (χ4v) is 5.14. The van der Waals surface area contributed by atoms with Gasteiger partial charge in [0.2, 0.25) is 0 Å². The Kier molecular flexibility index (Phi) is 9.03. The third-order valence-corrected chi connectivity index (χ3v) is 7.23. The fourth-order valence-electron chi connectivity index (χ4n) is 5.14. The lowest BCUT2D eigenvalue weighted by atomic mass is 9.94. The number of hydrogen-bond donors (Lipinski definition) is 2. The van der Waals surface area contributed by atoms with Gasteiger partial charge in [0.1, 0.15) is 11.5 Å².